The molecule has 0 aliphatic carbocycles. The molecule has 1 saturated heterocycles. The number of amides is 1. The van der Waals surface area contributed by atoms with Gasteiger partial charge in [0.15, 0.2) is 12.4 Å². The maximum Gasteiger partial charge on any atom is 0.303 e. The second-order valence-electron chi connectivity index (χ2n) is 12.1. The van der Waals surface area contributed by atoms with Crippen molar-refractivity contribution in [3.05, 3.63) is 131 Å². The van der Waals surface area contributed by atoms with Crippen LogP contribution in [-0.2, 0) is 37.0 Å². The van der Waals surface area contributed by atoms with E-state index in [1.807, 2.05) is 78.9 Å². The topological polar surface area (TPSA) is 97.3 Å². The third-order valence-corrected chi connectivity index (χ3v) is 8.73. The van der Waals surface area contributed by atoms with Crippen molar-refractivity contribution in [3.8, 4) is 11.1 Å². The molecule has 8 heteroatoms. The maximum absolute atomic E-state index is 12.5. The standard InChI is InChI=1S/C39H44N2O6/c1-26(30-10-6-5-7-11-30)41(4)24-35-22-37(32-16-14-29(25-42)15-17-32)47-39(46-35)33-20-18-31(19-21-33)36-13-9-8-12-34(36)23-40-38(44)27(2)45-28(3)43/h5-21,26-27,35,37,39,42H,22-25H2,1-4H3,(H,40,44). The number of aliphatic hydroxyl groups is 1. The van der Waals surface area contributed by atoms with Gasteiger partial charge in [-0.15, -0.1) is 0 Å². The van der Waals surface area contributed by atoms with E-state index in [0.717, 1.165) is 39.9 Å². The van der Waals surface area contributed by atoms with E-state index in [9.17, 15) is 14.7 Å². The Balaban J connectivity index is 1.33. The number of esters is 1. The predicted molar refractivity (Wildman–Crippen MR) is 181 cm³/mol. The van der Waals surface area contributed by atoms with Gasteiger partial charge in [-0.2, -0.15) is 0 Å². The van der Waals surface area contributed by atoms with Gasteiger partial charge in [0, 0.05) is 38.0 Å². The van der Waals surface area contributed by atoms with Crippen LogP contribution in [-0.4, -0.2) is 47.7 Å². The zero-order valence-corrected chi connectivity index (χ0v) is 27.5. The van der Waals surface area contributed by atoms with Crippen molar-refractivity contribution in [2.75, 3.05) is 13.6 Å². The Bertz CT molecular complexity index is 1610. The normalized spacial score (nSPS) is 19.1. The zero-order valence-electron chi connectivity index (χ0n) is 27.5. The van der Waals surface area contributed by atoms with Gasteiger partial charge in [-0.1, -0.05) is 103 Å². The summed E-state index contributed by atoms with van der Waals surface area (Å²) in [6.07, 6.45) is -0.983. The minimum absolute atomic E-state index is 0.00240. The van der Waals surface area contributed by atoms with E-state index in [2.05, 4.69) is 48.5 Å². The highest BCUT2D eigenvalue weighted by molar-refractivity contribution is 5.83. The summed E-state index contributed by atoms with van der Waals surface area (Å²) >= 11 is 0. The molecule has 0 radical (unpaired) electrons. The molecular formula is C39H44N2O6. The fourth-order valence-corrected chi connectivity index (χ4v) is 5.90. The molecule has 1 aliphatic heterocycles. The summed E-state index contributed by atoms with van der Waals surface area (Å²) in [6.45, 7) is 6.07. The number of aliphatic hydroxyl groups excluding tert-OH is 1. The number of benzene rings is 4. The lowest BCUT2D eigenvalue weighted by Gasteiger charge is -2.39. The Morgan fingerprint density at radius 1 is 0.894 bits per heavy atom. The van der Waals surface area contributed by atoms with Crippen LogP contribution in [0.1, 0.15) is 73.4 Å². The lowest BCUT2D eigenvalue weighted by Crippen LogP contribution is -2.38. The van der Waals surface area contributed by atoms with Gasteiger partial charge < -0.3 is 24.6 Å². The molecule has 1 heterocycles. The molecular weight excluding hydrogens is 592 g/mol. The molecule has 5 atom stereocenters. The van der Waals surface area contributed by atoms with E-state index in [-0.39, 0.29) is 30.8 Å². The molecule has 5 unspecified atom stereocenters. The minimum atomic E-state index is -0.865. The maximum atomic E-state index is 12.5. The van der Waals surface area contributed by atoms with E-state index >= 15 is 0 Å². The van der Waals surface area contributed by atoms with Crippen LogP contribution in [0.25, 0.3) is 11.1 Å². The van der Waals surface area contributed by atoms with Gasteiger partial charge in [-0.3, -0.25) is 14.5 Å². The lowest BCUT2D eigenvalue weighted by atomic mass is 9.97. The number of hydrogen-bond donors (Lipinski definition) is 2. The van der Waals surface area contributed by atoms with Crippen LogP contribution in [0.2, 0.25) is 0 Å². The summed E-state index contributed by atoms with van der Waals surface area (Å²) in [5.74, 6) is -0.846. The monoisotopic (exact) mass is 636 g/mol. The molecule has 4 aromatic rings. The van der Waals surface area contributed by atoms with Crippen molar-refractivity contribution in [2.45, 2.75) is 71.0 Å². The number of hydrogen-bond acceptors (Lipinski definition) is 7. The Morgan fingerprint density at radius 3 is 2.23 bits per heavy atom. The van der Waals surface area contributed by atoms with Crippen molar-refractivity contribution in [2.24, 2.45) is 0 Å². The predicted octanol–water partition coefficient (Wildman–Crippen LogP) is 6.65. The Kier molecular flexibility index (Phi) is 11.6. The number of carbonyl (C=O) groups excluding carboxylic acids is 2. The zero-order chi connectivity index (χ0) is 33.3. The van der Waals surface area contributed by atoms with Gasteiger partial charge in [0.25, 0.3) is 5.91 Å². The summed E-state index contributed by atoms with van der Waals surface area (Å²) in [7, 11) is 2.13. The fraction of sp³-hybridized carbons (Fsp3) is 0.333. The van der Waals surface area contributed by atoms with E-state index < -0.39 is 18.4 Å². The molecule has 246 valence electrons. The van der Waals surface area contributed by atoms with E-state index in [0.29, 0.717) is 13.0 Å². The van der Waals surface area contributed by atoms with Gasteiger partial charge in [0.2, 0.25) is 0 Å². The number of carbonyl (C=O) groups is 2. The Labute approximate surface area is 277 Å². The molecule has 8 nitrogen and oxygen atoms in total. The van der Waals surface area contributed by atoms with Crippen molar-refractivity contribution >= 4 is 11.9 Å². The van der Waals surface area contributed by atoms with Gasteiger partial charge in [0.05, 0.1) is 18.8 Å². The van der Waals surface area contributed by atoms with Crippen LogP contribution >= 0.6 is 0 Å². The number of rotatable bonds is 12. The highest BCUT2D eigenvalue weighted by Gasteiger charge is 2.33. The number of nitrogens with zero attached hydrogens (tertiary/aromatic N) is 1. The van der Waals surface area contributed by atoms with Gasteiger partial charge in [-0.25, -0.2) is 0 Å². The third-order valence-electron chi connectivity index (χ3n) is 8.73. The second-order valence-corrected chi connectivity index (χ2v) is 12.1. The molecule has 0 bridgehead atoms. The quantitative estimate of drug-likeness (QED) is 0.168. The highest BCUT2D eigenvalue weighted by Crippen LogP contribution is 2.39. The molecule has 5 rings (SSSR count). The van der Waals surface area contributed by atoms with Gasteiger partial charge in [0.1, 0.15) is 0 Å². The minimum Gasteiger partial charge on any atom is -0.453 e. The molecule has 2 N–H and O–H groups in total. The molecule has 1 aliphatic rings. The molecule has 1 amide bonds. The highest BCUT2D eigenvalue weighted by atomic mass is 16.7. The van der Waals surface area contributed by atoms with Crippen LogP contribution < -0.4 is 5.32 Å². The second kappa shape index (κ2) is 16.0. The van der Waals surface area contributed by atoms with Crippen molar-refractivity contribution in [3.63, 3.8) is 0 Å². The molecule has 47 heavy (non-hydrogen) atoms. The first-order valence-corrected chi connectivity index (χ1v) is 16.1. The summed E-state index contributed by atoms with van der Waals surface area (Å²) in [6, 6.07) is 34.6. The smallest absolute Gasteiger partial charge is 0.303 e. The summed E-state index contributed by atoms with van der Waals surface area (Å²) in [5, 5.41) is 12.4. The van der Waals surface area contributed by atoms with Crippen LogP contribution in [0.5, 0.6) is 0 Å². The fourth-order valence-electron chi connectivity index (χ4n) is 5.90. The molecule has 4 aromatic carbocycles. The van der Waals surface area contributed by atoms with Gasteiger partial charge >= 0.3 is 5.97 Å². The van der Waals surface area contributed by atoms with Crippen molar-refractivity contribution < 1.29 is 28.9 Å². The summed E-state index contributed by atoms with van der Waals surface area (Å²) in [4.78, 5) is 26.0. The average Bonchev–Trinajstić information content (AvgIpc) is 3.10. The SMILES string of the molecule is CC(=O)OC(C)C(=O)NCc1ccccc1-c1ccc(C2OC(CN(C)C(C)c3ccccc3)CC(c3ccc(CO)cc3)O2)cc1. The van der Waals surface area contributed by atoms with Crippen molar-refractivity contribution in [1.29, 1.82) is 0 Å². The molecule has 0 aromatic heterocycles. The largest absolute Gasteiger partial charge is 0.453 e. The molecule has 1 fully saturated rings. The molecule has 0 saturated carbocycles. The van der Waals surface area contributed by atoms with E-state index in [1.165, 1.54) is 12.5 Å². The summed E-state index contributed by atoms with van der Waals surface area (Å²) < 4.78 is 18.2. The number of likely N-dealkylation sites (N-methyl/N-ethyl adjacent to an activating group) is 1. The van der Waals surface area contributed by atoms with Crippen LogP contribution in [0.4, 0.5) is 0 Å². The van der Waals surface area contributed by atoms with Crippen LogP contribution in [0.3, 0.4) is 0 Å². The third kappa shape index (κ3) is 8.93. The Hall–Kier alpha value is -4.34. The molecule has 0 spiro atoms. The Morgan fingerprint density at radius 2 is 1.55 bits per heavy atom. The summed E-state index contributed by atoms with van der Waals surface area (Å²) in [5.41, 5.74) is 7.00. The lowest BCUT2D eigenvalue weighted by molar-refractivity contribution is -0.253. The average molecular weight is 637 g/mol. The van der Waals surface area contributed by atoms with E-state index in [4.69, 9.17) is 14.2 Å². The van der Waals surface area contributed by atoms with Crippen LogP contribution in [0.15, 0.2) is 103 Å². The number of nitrogens with one attached hydrogen (secondary N) is 1. The first kappa shape index (κ1) is 34.0. The van der Waals surface area contributed by atoms with Gasteiger partial charge in [-0.05, 0) is 54.3 Å². The first-order valence-electron chi connectivity index (χ1n) is 16.1. The van der Waals surface area contributed by atoms with Crippen molar-refractivity contribution in [1.82, 2.24) is 10.2 Å². The van der Waals surface area contributed by atoms with E-state index in [1.54, 1.807) is 6.92 Å². The first-order chi connectivity index (χ1) is 22.7. The van der Waals surface area contributed by atoms with Crippen LogP contribution in [0, 0.1) is 0 Å². The number of ether oxygens (including phenoxy) is 3.